The van der Waals surface area contributed by atoms with Crippen LogP contribution >= 0.6 is 23.8 Å². The standard InChI is InChI=1S/C17H15ClN2O5S/c1-24-13-6-3-9(7-14(13)25-2)15(21)20-17(26)19-10-4-5-11(16(22)23)12(18)8-10/h3-8H,1-2H3,(H,22,23)(H2,19,20,21,26). The maximum atomic E-state index is 12.3. The summed E-state index contributed by atoms with van der Waals surface area (Å²) < 4.78 is 10.3. The van der Waals surface area contributed by atoms with Gasteiger partial charge in [-0.15, -0.1) is 0 Å². The molecule has 0 atom stereocenters. The topological polar surface area (TPSA) is 96.9 Å². The van der Waals surface area contributed by atoms with E-state index in [0.717, 1.165) is 0 Å². The van der Waals surface area contributed by atoms with Crippen LogP contribution in [0.5, 0.6) is 11.5 Å². The Bertz CT molecular complexity index is 872. The Morgan fingerprint density at radius 3 is 2.35 bits per heavy atom. The van der Waals surface area contributed by atoms with Gasteiger partial charge >= 0.3 is 5.97 Å². The van der Waals surface area contributed by atoms with Gasteiger partial charge in [-0.2, -0.15) is 0 Å². The van der Waals surface area contributed by atoms with Crippen molar-refractivity contribution >= 4 is 46.5 Å². The van der Waals surface area contributed by atoms with E-state index in [1.54, 1.807) is 12.1 Å². The van der Waals surface area contributed by atoms with E-state index in [0.29, 0.717) is 22.7 Å². The number of ether oxygens (including phenoxy) is 2. The highest BCUT2D eigenvalue weighted by atomic mass is 35.5. The number of anilines is 1. The van der Waals surface area contributed by atoms with E-state index >= 15 is 0 Å². The fourth-order valence-electron chi connectivity index (χ4n) is 2.08. The van der Waals surface area contributed by atoms with E-state index in [1.165, 1.54) is 38.5 Å². The average Bonchev–Trinajstić information content (AvgIpc) is 2.60. The van der Waals surface area contributed by atoms with E-state index in [2.05, 4.69) is 10.6 Å². The molecule has 0 aliphatic carbocycles. The lowest BCUT2D eigenvalue weighted by Crippen LogP contribution is -2.34. The third-order valence-electron chi connectivity index (χ3n) is 3.33. The van der Waals surface area contributed by atoms with Crippen molar-refractivity contribution in [1.82, 2.24) is 5.32 Å². The van der Waals surface area contributed by atoms with Gasteiger partial charge in [-0.1, -0.05) is 11.6 Å². The SMILES string of the molecule is COc1ccc(C(=O)NC(=S)Nc2ccc(C(=O)O)c(Cl)c2)cc1OC. The molecule has 0 saturated heterocycles. The first-order chi connectivity index (χ1) is 12.3. The predicted molar refractivity (Wildman–Crippen MR) is 102 cm³/mol. The third-order valence-corrected chi connectivity index (χ3v) is 3.85. The second-order valence-electron chi connectivity index (χ2n) is 4.98. The summed E-state index contributed by atoms with van der Waals surface area (Å²) in [5, 5.41) is 14.3. The molecule has 0 radical (unpaired) electrons. The normalized spacial score (nSPS) is 9.96. The highest BCUT2D eigenvalue weighted by molar-refractivity contribution is 7.80. The minimum absolute atomic E-state index is 0.0301. The molecule has 26 heavy (non-hydrogen) atoms. The number of carboxylic acids is 1. The highest BCUT2D eigenvalue weighted by Gasteiger charge is 2.13. The lowest BCUT2D eigenvalue weighted by atomic mass is 10.2. The van der Waals surface area contributed by atoms with Gasteiger partial charge in [0.1, 0.15) is 0 Å². The van der Waals surface area contributed by atoms with Gasteiger partial charge in [-0.3, -0.25) is 10.1 Å². The molecule has 9 heteroatoms. The van der Waals surface area contributed by atoms with Crippen LogP contribution in [0.15, 0.2) is 36.4 Å². The second kappa shape index (κ2) is 8.50. The van der Waals surface area contributed by atoms with Crippen LogP contribution in [0.3, 0.4) is 0 Å². The van der Waals surface area contributed by atoms with Gasteiger partial charge in [0.15, 0.2) is 16.6 Å². The Kier molecular flexibility index (Phi) is 6.37. The van der Waals surface area contributed by atoms with Gasteiger partial charge < -0.3 is 19.9 Å². The van der Waals surface area contributed by atoms with Crippen LogP contribution in [-0.4, -0.2) is 36.3 Å². The number of benzene rings is 2. The summed E-state index contributed by atoms with van der Waals surface area (Å²) in [6.45, 7) is 0. The van der Waals surface area contributed by atoms with Gasteiger partial charge in [0.25, 0.3) is 5.91 Å². The number of hydrogen-bond donors (Lipinski definition) is 3. The maximum Gasteiger partial charge on any atom is 0.337 e. The van der Waals surface area contributed by atoms with Crippen LogP contribution in [0.4, 0.5) is 5.69 Å². The van der Waals surface area contributed by atoms with E-state index in [4.69, 9.17) is 38.4 Å². The maximum absolute atomic E-state index is 12.3. The predicted octanol–water partition coefficient (Wildman–Crippen LogP) is 3.18. The molecule has 2 rings (SSSR count). The minimum atomic E-state index is -1.13. The van der Waals surface area contributed by atoms with Crippen LogP contribution in [-0.2, 0) is 0 Å². The molecule has 7 nitrogen and oxygen atoms in total. The number of rotatable bonds is 5. The Balaban J connectivity index is 2.07. The van der Waals surface area contributed by atoms with E-state index in [-0.39, 0.29) is 15.7 Å². The molecule has 0 spiro atoms. The number of amides is 1. The smallest absolute Gasteiger partial charge is 0.337 e. The molecule has 0 aromatic heterocycles. The average molecular weight is 395 g/mol. The fourth-order valence-corrected chi connectivity index (χ4v) is 2.55. The Morgan fingerprint density at radius 1 is 1.08 bits per heavy atom. The van der Waals surface area contributed by atoms with Gasteiger partial charge in [-0.05, 0) is 48.6 Å². The first kappa shape index (κ1) is 19.5. The Hall–Kier alpha value is -2.84. The van der Waals surface area contributed by atoms with Crippen LogP contribution < -0.4 is 20.1 Å². The minimum Gasteiger partial charge on any atom is -0.493 e. The van der Waals surface area contributed by atoms with Gasteiger partial charge in [0, 0.05) is 11.3 Å². The fraction of sp³-hybridized carbons (Fsp3) is 0.118. The summed E-state index contributed by atoms with van der Waals surface area (Å²) >= 11 is 11.0. The summed E-state index contributed by atoms with van der Waals surface area (Å²) in [6, 6.07) is 8.93. The summed E-state index contributed by atoms with van der Waals surface area (Å²) in [4.78, 5) is 23.2. The number of aromatic carboxylic acids is 1. The lowest BCUT2D eigenvalue weighted by molar-refractivity contribution is 0.0697. The van der Waals surface area contributed by atoms with Crippen LogP contribution in [0.25, 0.3) is 0 Å². The molecule has 136 valence electrons. The third kappa shape index (κ3) is 4.62. The number of nitrogens with one attached hydrogen (secondary N) is 2. The molecule has 1 amide bonds. The molecule has 3 N–H and O–H groups in total. The van der Waals surface area contributed by atoms with Crippen molar-refractivity contribution in [3.05, 3.63) is 52.5 Å². The van der Waals surface area contributed by atoms with Gasteiger partial charge in [-0.25, -0.2) is 4.79 Å². The van der Waals surface area contributed by atoms with Crippen LogP contribution in [0.2, 0.25) is 5.02 Å². The first-order valence-corrected chi connectivity index (χ1v) is 8.01. The summed E-state index contributed by atoms with van der Waals surface area (Å²) in [5.74, 6) is -0.671. The monoisotopic (exact) mass is 394 g/mol. The van der Waals surface area contributed by atoms with Crippen molar-refractivity contribution < 1.29 is 24.2 Å². The largest absolute Gasteiger partial charge is 0.493 e. The van der Waals surface area contributed by atoms with Crippen molar-refractivity contribution in [2.75, 3.05) is 19.5 Å². The number of halogens is 1. The molecule has 0 saturated carbocycles. The number of carboxylic acid groups (broad SMARTS) is 1. The van der Waals surface area contributed by atoms with Crippen molar-refractivity contribution in [2.24, 2.45) is 0 Å². The molecule has 0 bridgehead atoms. The van der Waals surface area contributed by atoms with E-state index in [1.807, 2.05) is 0 Å². The Labute approximate surface area is 159 Å². The van der Waals surface area contributed by atoms with E-state index < -0.39 is 11.9 Å². The molecule has 2 aromatic carbocycles. The van der Waals surface area contributed by atoms with Crippen LogP contribution in [0.1, 0.15) is 20.7 Å². The number of carbonyl (C=O) groups is 2. The number of methoxy groups -OCH3 is 2. The molecule has 0 heterocycles. The second-order valence-corrected chi connectivity index (χ2v) is 5.79. The zero-order valence-electron chi connectivity index (χ0n) is 13.8. The van der Waals surface area contributed by atoms with Crippen LogP contribution in [0, 0.1) is 0 Å². The van der Waals surface area contributed by atoms with Crippen molar-refractivity contribution in [3.63, 3.8) is 0 Å². The van der Waals surface area contributed by atoms with E-state index in [9.17, 15) is 9.59 Å². The number of carbonyl (C=O) groups excluding carboxylic acids is 1. The highest BCUT2D eigenvalue weighted by Crippen LogP contribution is 2.27. The lowest BCUT2D eigenvalue weighted by Gasteiger charge is -2.12. The first-order valence-electron chi connectivity index (χ1n) is 7.23. The van der Waals surface area contributed by atoms with Gasteiger partial charge in [0.05, 0.1) is 24.8 Å². The number of thiocarbonyl (C=S) groups is 1. The molecular weight excluding hydrogens is 380 g/mol. The number of hydrogen-bond acceptors (Lipinski definition) is 5. The quantitative estimate of drug-likeness (QED) is 0.670. The van der Waals surface area contributed by atoms with Crippen molar-refractivity contribution in [2.45, 2.75) is 0 Å². The summed E-state index contributed by atoms with van der Waals surface area (Å²) in [7, 11) is 2.97. The van der Waals surface area contributed by atoms with Crippen molar-refractivity contribution in [1.29, 1.82) is 0 Å². The zero-order valence-corrected chi connectivity index (χ0v) is 15.4. The zero-order chi connectivity index (χ0) is 19.3. The van der Waals surface area contributed by atoms with Crippen molar-refractivity contribution in [3.8, 4) is 11.5 Å². The molecular formula is C17H15ClN2O5S. The summed E-state index contributed by atoms with van der Waals surface area (Å²) in [6.07, 6.45) is 0. The molecule has 0 unspecified atom stereocenters. The Morgan fingerprint density at radius 2 is 1.77 bits per heavy atom. The van der Waals surface area contributed by atoms with Gasteiger partial charge in [0.2, 0.25) is 0 Å². The molecule has 0 aliphatic rings. The molecule has 0 aliphatic heterocycles. The summed E-state index contributed by atoms with van der Waals surface area (Å²) in [5.41, 5.74) is 0.737. The molecule has 0 fully saturated rings. The molecule has 2 aromatic rings.